The van der Waals surface area contributed by atoms with Gasteiger partial charge in [-0.05, 0) is 193 Å². The summed E-state index contributed by atoms with van der Waals surface area (Å²) in [5.41, 5.74) is 21.0. The summed E-state index contributed by atoms with van der Waals surface area (Å²) in [7, 11) is 0. The first-order valence-corrected chi connectivity index (χ1v) is 25.1. The van der Waals surface area contributed by atoms with E-state index in [-0.39, 0.29) is 0 Å². The van der Waals surface area contributed by atoms with Gasteiger partial charge in [-0.1, -0.05) is 97.1 Å². The van der Waals surface area contributed by atoms with E-state index >= 15 is 0 Å². The van der Waals surface area contributed by atoms with Crippen molar-refractivity contribution in [1.82, 2.24) is 0 Å². The number of hydrogen-bond acceptors (Lipinski definition) is 4. The average molecular weight is 903 g/mol. The number of rotatable bonds is 8. The predicted molar refractivity (Wildman–Crippen MR) is 292 cm³/mol. The van der Waals surface area contributed by atoms with Crippen molar-refractivity contribution in [3.63, 3.8) is 0 Å². The van der Waals surface area contributed by atoms with E-state index in [4.69, 9.17) is 8.83 Å². The highest BCUT2D eigenvalue weighted by Crippen LogP contribution is 2.48. The summed E-state index contributed by atoms with van der Waals surface area (Å²) in [6.45, 7) is 0. The van der Waals surface area contributed by atoms with Gasteiger partial charge < -0.3 is 18.6 Å². The molecule has 2 heterocycles. The zero-order chi connectivity index (χ0) is 46.1. The standard InChI is InChI=1S/C66H50N2O2/c1-5-17-43(18-6-1)57-33-45-21-13-15-23-47(45)37-61(57)67(51-25-9-3-10-26-51)53-29-31-55-59-35-49-40-64-60(36-50(49)39-63(59)69-65(55)41-53)56-32-30-54(42-66(56)70-64)68(52-27-11-4-12-28-52)62-38-48-24-16-14-22-46(48)34-58(62)44-19-7-2-8-20-44/h1-12,17-20,25-42H,13-16,21-24H2. The van der Waals surface area contributed by atoms with E-state index in [0.717, 1.165) is 103 Å². The molecule has 0 spiro atoms. The molecule has 0 N–H and O–H groups in total. The molecule has 0 saturated carbocycles. The molecule has 2 aliphatic carbocycles. The van der Waals surface area contributed by atoms with Crippen LogP contribution in [-0.4, -0.2) is 0 Å². The Bertz CT molecular complexity index is 3690. The second-order valence-electron chi connectivity index (χ2n) is 19.4. The van der Waals surface area contributed by atoms with Crippen LogP contribution in [0.2, 0.25) is 0 Å². The van der Waals surface area contributed by atoms with Crippen molar-refractivity contribution < 1.29 is 8.83 Å². The van der Waals surface area contributed by atoms with Crippen LogP contribution in [0, 0.1) is 0 Å². The zero-order valence-corrected chi connectivity index (χ0v) is 39.0. The lowest BCUT2D eigenvalue weighted by atomic mass is 9.87. The normalized spacial score (nSPS) is 13.5. The Morgan fingerprint density at radius 2 is 0.643 bits per heavy atom. The Balaban J connectivity index is 0.877. The van der Waals surface area contributed by atoms with Crippen LogP contribution in [0.25, 0.3) is 76.9 Å². The summed E-state index contributed by atoms with van der Waals surface area (Å²) in [5, 5.41) is 6.60. The minimum Gasteiger partial charge on any atom is -0.456 e. The van der Waals surface area contributed by atoms with E-state index in [1.807, 2.05) is 0 Å². The topological polar surface area (TPSA) is 32.8 Å². The molecule has 0 radical (unpaired) electrons. The van der Waals surface area contributed by atoms with Gasteiger partial charge in [0, 0.05) is 67.6 Å². The Kier molecular flexibility index (Phi) is 9.72. The Labute approximate surface area is 407 Å². The number of para-hydroxylation sites is 2. The molecular weight excluding hydrogens is 853 g/mol. The first-order valence-electron chi connectivity index (χ1n) is 25.1. The molecule has 10 aromatic carbocycles. The smallest absolute Gasteiger partial charge is 0.137 e. The van der Waals surface area contributed by atoms with Gasteiger partial charge in [0.1, 0.15) is 22.3 Å². The molecule has 4 nitrogen and oxygen atoms in total. The summed E-state index contributed by atoms with van der Waals surface area (Å²) >= 11 is 0. The van der Waals surface area contributed by atoms with Gasteiger partial charge in [-0.25, -0.2) is 0 Å². The van der Waals surface area contributed by atoms with Gasteiger partial charge in [0.25, 0.3) is 0 Å². The van der Waals surface area contributed by atoms with Crippen LogP contribution >= 0.6 is 0 Å². The monoisotopic (exact) mass is 902 g/mol. The number of aryl methyl sites for hydroxylation is 4. The Morgan fingerprint density at radius 1 is 0.286 bits per heavy atom. The SMILES string of the molecule is c1ccc(-c2cc3c(cc2N(c2ccccc2)c2ccc4c(c2)oc2cc5cc6c(cc5cc24)oc2cc(N(c4ccccc4)c4cc5c(cc4-c4ccccc4)CCCC5)ccc26)CCCC3)cc1. The fourth-order valence-corrected chi connectivity index (χ4v) is 11.7. The van der Waals surface area contributed by atoms with Crippen LogP contribution in [0.15, 0.2) is 215 Å². The van der Waals surface area contributed by atoms with Crippen molar-refractivity contribution in [2.45, 2.75) is 51.4 Å². The van der Waals surface area contributed by atoms with Gasteiger partial charge in [-0.3, -0.25) is 0 Å². The Morgan fingerprint density at radius 3 is 1.04 bits per heavy atom. The minimum absolute atomic E-state index is 0.863. The molecule has 0 unspecified atom stereocenters. The summed E-state index contributed by atoms with van der Waals surface area (Å²) in [4.78, 5) is 4.83. The molecule has 2 aliphatic rings. The van der Waals surface area contributed by atoms with Crippen molar-refractivity contribution in [2.75, 3.05) is 9.80 Å². The molecule has 2 aromatic heterocycles. The van der Waals surface area contributed by atoms with Gasteiger partial charge in [0.2, 0.25) is 0 Å². The predicted octanol–water partition coefficient (Wildman–Crippen LogP) is 18.7. The fourth-order valence-electron chi connectivity index (χ4n) is 11.7. The van der Waals surface area contributed by atoms with E-state index in [0.29, 0.717) is 0 Å². The van der Waals surface area contributed by atoms with Gasteiger partial charge in [0.05, 0.1) is 11.4 Å². The number of benzene rings is 10. The lowest BCUT2D eigenvalue weighted by molar-refractivity contribution is 0.668. The molecule has 0 fully saturated rings. The molecule has 14 rings (SSSR count). The van der Waals surface area contributed by atoms with Crippen LogP contribution in [-0.2, 0) is 25.7 Å². The number of fused-ring (bicyclic) bond motifs is 9. The lowest BCUT2D eigenvalue weighted by Gasteiger charge is -2.30. The first-order chi connectivity index (χ1) is 34.7. The molecule has 0 bridgehead atoms. The summed E-state index contributed by atoms with van der Waals surface area (Å²) in [6, 6.07) is 75.5. The van der Waals surface area contributed by atoms with Gasteiger partial charge >= 0.3 is 0 Å². The number of furan rings is 2. The third-order valence-electron chi connectivity index (χ3n) is 15.1. The van der Waals surface area contributed by atoms with Crippen molar-refractivity contribution in [3.05, 3.63) is 229 Å². The highest BCUT2D eigenvalue weighted by atomic mass is 16.3. The van der Waals surface area contributed by atoms with Gasteiger partial charge in [-0.2, -0.15) is 0 Å². The summed E-state index contributed by atoms with van der Waals surface area (Å²) < 4.78 is 13.7. The molecular formula is C66H50N2O2. The maximum Gasteiger partial charge on any atom is 0.137 e. The average Bonchev–Trinajstić information content (AvgIpc) is 3.96. The third kappa shape index (κ3) is 6.97. The molecule has 336 valence electrons. The Hall–Kier alpha value is -8.34. The maximum absolute atomic E-state index is 6.86. The quantitative estimate of drug-likeness (QED) is 0.152. The summed E-state index contributed by atoms with van der Waals surface area (Å²) in [6.07, 6.45) is 9.40. The lowest BCUT2D eigenvalue weighted by Crippen LogP contribution is -2.13. The maximum atomic E-state index is 6.86. The highest BCUT2D eigenvalue weighted by molar-refractivity contribution is 6.16. The largest absolute Gasteiger partial charge is 0.456 e. The second-order valence-corrected chi connectivity index (χ2v) is 19.4. The number of anilines is 6. The number of hydrogen-bond donors (Lipinski definition) is 0. The van der Waals surface area contributed by atoms with Crippen molar-refractivity contribution in [1.29, 1.82) is 0 Å². The second kappa shape index (κ2) is 16.7. The molecule has 70 heavy (non-hydrogen) atoms. The van der Waals surface area contributed by atoms with Crippen molar-refractivity contribution in [3.8, 4) is 22.3 Å². The van der Waals surface area contributed by atoms with Crippen LogP contribution in [0.4, 0.5) is 34.1 Å². The van der Waals surface area contributed by atoms with Crippen LogP contribution in [0.3, 0.4) is 0 Å². The van der Waals surface area contributed by atoms with E-state index in [9.17, 15) is 0 Å². The fraction of sp³-hybridized carbons (Fsp3) is 0.121. The van der Waals surface area contributed by atoms with E-state index in [2.05, 4.69) is 216 Å². The van der Waals surface area contributed by atoms with E-state index in [1.165, 1.54) is 81.6 Å². The minimum atomic E-state index is 0.863. The van der Waals surface area contributed by atoms with Crippen LogP contribution in [0.5, 0.6) is 0 Å². The van der Waals surface area contributed by atoms with Crippen LogP contribution < -0.4 is 9.80 Å². The highest BCUT2D eigenvalue weighted by Gasteiger charge is 2.25. The number of nitrogens with zero attached hydrogens (tertiary/aromatic N) is 2. The third-order valence-corrected chi connectivity index (χ3v) is 15.1. The molecule has 0 amide bonds. The van der Waals surface area contributed by atoms with Crippen molar-refractivity contribution >= 4 is 88.8 Å². The van der Waals surface area contributed by atoms with Gasteiger partial charge in [-0.15, -0.1) is 0 Å². The van der Waals surface area contributed by atoms with Gasteiger partial charge in [0.15, 0.2) is 0 Å². The summed E-state index contributed by atoms with van der Waals surface area (Å²) in [5.74, 6) is 0. The molecule has 4 heteroatoms. The first kappa shape index (κ1) is 40.7. The van der Waals surface area contributed by atoms with Crippen molar-refractivity contribution in [2.24, 2.45) is 0 Å². The van der Waals surface area contributed by atoms with Crippen LogP contribution in [0.1, 0.15) is 47.9 Å². The molecule has 0 saturated heterocycles. The zero-order valence-electron chi connectivity index (χ0n) is 39.0. The molecule has 12 aromatic rings. The molecule has 0 aliphatic heterocycles. The molecule has 0 atom stereocenters. The van der Waals surface area contributed by atoms with E-state index < -0.39 is 0 Å². The van der Waals surface area contributed by atoms with E-state index in [1.54, 1.807) is 0 Å².